The molecule has 0 aromatic heterocycles. The second-order valence-corrected chi connectivity index (χ2v) is 11.3. The lowest BCUT2D eigenvalue weighted by molar-refractivity contribution is -0.123. The summed E-state index contributed by atoms with van der Waals surface area (Å²) in [5, 5.41) is 0.755. The molecule has 0 saturated carbocycles. The van der Waals surface area contributed by atoms with E-state index < -0.39 is 17.0 Å². The smallest absolute Gasteiger partial charge is 0.293 e. The Morgan fingerprint density at radius 2 is 1.60 bits per heavy atom. The van der Waals surface area contributed by atoms with Crippen LogP contribution in [0, 0.1) is 5.82 Å². The van der Waals surface area contributed by atoms with Gasteiger partial charge in [0.25, 0.3) is 11.1 Å². The molecule has 3 aromatic rings. The average molecular weight is 681 g/mol. The van der Waals surface area contributed by atoms with E-state index in [9.17, 15) is 14.0 Å². The van der Waals surface area contributed by atoms with Crippen LogP contribution in [0.5, 0.6) is 5.75 Å². The number of imide groups is 1. The molecule has 180 valence electrons. The summed E-state index contributed by atoms with van der Waals surface area (Å²) in [6, 6.07) is 12.5. The van der Waals surface area contributed by atoms with Gasteiger partial charge in [0.2, 0.25) is 0 Å². The van der Waals surface area contributed by atoms with Crippen LogP contribution in [0.4, 0.5) is 9.18 Å². The van der Waals surface area contributed by atoms with Gasteiger partial charge >= 0.3 is 0 Å². The van der Waals surface area contributed by atoms with Crippen molar-refractivity contribution in [1.82, 2.24) is 4.90 Å². The summed E-state index contributed by atoms with van der Waals surface area (Å²) in [5.74, 6) is -0.398. The monoisotopic (exact) mass is 677 g/mol. The molecule has 3 aromatic carbocycles. The molecule has 0 aliphatic carbocycles. The molecule has 35 heavy (non-hydrogen) atoms. The fourth-order valence-electron chi connectivity index (χ4n) is 3.20. The van der Waals surface area contributed by atoms with Gasteiger partial charge in [-0.1, -0.05) is 46.9 Å². The molecule has 0 unspecified atom stereocenters. The number of carbonyl (C=O) groups excluding carboxylic acids is 2. The zero-order chi connectivity index (χ0) is 25.3. The van der Waals surface area contributed by atoms with E-state index >= 15 is 0 Å². The fraction of sp³-hybridized carbons (Fsp3) is 0.0833. The second kappa shape index (κ2) is 11.2. The number of ether oxygens (including phenoxy) is 1. The van der Waals surface area contributed by atoms with Gasteiger partial charge in [0.15, 0.2) is 0 Å². The molecule has 2 amide bonds. The molecule has 1 aliphatic rings. The Labute approximate surface area is 236 Å². The highest BCUT2D eigenvalue weighted by molar-refractivity contribution is 9.11. The Morgan fingerprint density at radius 3 is 2.26 bits per heavy atom. The van der Waals surface area contributed by atoms with Crippen molar-refractivity contribution in [3.8, 4) is 5.75 Å². The number of hydrogen-bond acceptors (Lipinski definition) is 4. The Kier molecular flexibility index (Phi) is 8.51. The van der Waals surface area contributed by atoms with Gasteiger partial charge in [-0.2, -0.15) is 0 Å². The number of nitrogens with zero attached hydrogens (tertiary/aromatic N) is 1. The number of hydrogen-bond donors (Lipinski definition) is 0. The molecule has 0 radical (unpaired) electrons. The van der Waals surface area contributed by atoms with Gasteiger partial charge in [-0.3, -0.25) is 14.5 Å². The Morgan fingerprint density at radius 1 is 0.943 bits per heavy atom. The van der Waals surface area contributed by atoms with Crippen molar-refractivity contribution < 1.29 is 18.7 Å². The molecular weight excluding hydrogens is 667 g/mol. The van der Waals surface area contributed by atoms with Crippen LogP contribution in [-0.2, 0) is 17.9 Å². The largest absolute Gasteiger partial charge is 0.486 e. The Hall–Kier alpha value is -1.55. The maximum Gasteiger partial charge on any atom is 0.293 e. The second-order valence-electron chi connectivity index (χ2n) is 7.34. The van der Waals surface area contributed by atoms with Crippen LogP contribution in [0.1, 0.15) is 16.7 Å². The summed E-state index contributed by atoms with van der Waals surface area (Å²) < 4.78 is 20.5. The van der Waals surface area contributed by atoms with Crippen molar-refractivity contribution in [2.24, 2.45) is 0 Å². The van der Waals surface area contributed by atoms with E-state index in [1.807, 2.05) is 0 Å². The van der Waals surface area contributed by atoms with Crippen LogP contribution in [0.2, 0.25) is 15.1 Å². The van der Waals surface area contributed by atoms with Crippen LogP contribution >= 0.6 is 78.4 Å². The van der Waals surface area contributed by atoms with E-state index in [-0.39, 0.29) is 23.1 Å². The predicted molar refractivity (Wildman–Crippen MR) is 146 cm³/mol. The third-order valence-electron chi connectivity index (χ3n) is 4.92. The van der Waals surface area contributed by atoms with Crippen LogP contribution < -0.4 is 4.74 Å². The highest BCUT2D eigenvalue weighted by atomic mass is 79.9. The third kappa shape index (κ3) is 6.24. The van der Waals surface area contributed by atoms with E-state index in [0.717, 1.165) is 28.3 Å². The van der Waals surface area contributed by atoms with Crippen molar-refractivity contribution in [2.75, 3.05) is 0 Å². The highest BCUT2D eigenvalue weighted by Gasteiger charge is 2.35. The molecule has 1 heterocycles. The summed E-state index contributed by atoms with van der Waals surface area (Å²) in [7, 11) is 0. The minimum absolute atomic E-state index is 0.0471. The number of halogens is 6. The zero-order valence-electron chi connectivity index (χ0n) is 17.5. The minimum atomic E-state index is -0.493. The molecule has 1 aliphatic heterocycles. The number of rotatable bonds is 6. The average Bonchev–Trinajstić information content (AvgIpc) is 3.03. The van der Waals surface area contributed by atoms with Crippen molar-refractivity contribution in [1.29, 1.82) is 0 Å². The number of carbonyl (C=O) groups is 2. The van der Waals surface area contributed by atoms with Gasteiger partial charge in [0, 0.05) is 20.6 Å². The Balaban J connectivity index is 1.51. The lowest BCUT2D eigenvalue weighted by Crippen LogP contribution is -2.27. The fourth-order valence-corrected chi connectivity index (χ4v) is 6.18. The summed E-state index contributed by atoms with van der Waals surface area (Å²) in [4.78, 5) is 26.7. The van der Waals surface area contributed by atoms with Gasteiger partial charge in [0.05, 0.1) is 20.4 Å². The SMILES string of the molecule is O=C1S/C(=C/c2cc(Br)c(OCc3ccc(Cl)cc3Cl)c(Br)c2)C(=O)N1Cc1ccc(F)cc1Cl. The van der Waals surface area contributed by atoms with Crippen molar-refractivity contribution in [3.63, 3.8) is 0 Å². The van der Waals surface area contributed by atoms with Gasteiger partial charge in [-0.05, 0) is 97.2 Å². The number of amides is 2. The van der Waals surface area contributed by atoms with Crippen LogP contribution in [0.3, 0.4) is 0 Å². The summed E-state index contributed by atoms with van der Waals surface area (Å²) >= 11 is 26.0. The first-order chi connectivity index (χ1) is 16.6. The molecule has 0 spiro atoms. The molecule has 4 rings (SSSR count). The van der Waals surface area contributed by atoms with E-state index in [0.29, 0.717) is 35.9 Å². The van der Waals surface area contributed by atoms with Crippen molar-refractivity contribution >= 4 is 95.6 Å². The lowest BCUT2D eigenvalue weighted by atomic mass is 10.2. The van der Waals surface area contributed by atoms with Gasteiger partial charge in [0.1, 0.15) is 18.2 Å². The lowest BCUT2D eigenvalue weighted by Gasteiger charge is -2.14. The van der Waals surface area contributed by atoms with E-state index in [1.54, 1.807) is 36.4 Å². The van der Waals surface area contributed by atoms with Crippen LogP contribution in [0.15, 0.2) is 62.4 Å². The van der Waals surface area contributed by atoms with E-state index in [4.69, 9.17) is 39.5 Å². The summed E-state index contributed by atoms with van der Waals surface area (Å²) in [6.07, 6.45) is 1.62. The zero-order valence-corrected chi connectivity index (χ0v) is 23.7. The standard InChI is InChI=1S/C24H13Br2Cl3FNO3S/c25-17-5-12(6-18(26)22(17)34-11-14-1-3-15(27)8-19(14)28)7-21-23(32)31(24(33)35-21)10-13-2-4-16(30)9-20(13)29/h1-9H,10-11H2/b21-7+. The van der Waals surface area contributed by atoms with Crippen molar-refractivity contribution in [2.45, 2.75) is 13.2 Å². The van der Waals surface area contributed by atoms with E-state index in [1.165, 1.54) is 12.1 Å². The predicted octanol–water partition coefficient (Wildman–Crippen LogP) is 9.13. The topological polar surface area (TPSA) is 46.6 Å². The quantitative estimate of drug-likeness (QED) is 0.244. The Bertz CT molecular complexity index is 1360. The van der Waals surface area contributed by atoms with Crippen molar-refractivity contribution in [3.05, 3.63) is 100.0 Å². The molecule has 1 saturated heterocycles. The molecule has 1 fully saturated rings. The van der Waals surface area contributed by atoms with Gasteiger partial charge < -0.3 is 4.74 Å². The van der Waals surface area contributed by atoms with E-state index in [2.05, 4.69) is 31.9 Å². The van der Waals surface area contributed by atoms with Gasteiger partial charge in [-0.25, -0.2) is 4.39 Å². The molecule has 0 atom stereocenters. The number of benzene rings is 3. The minimum Gasteiger partial charge on any atom is -0.486 e. The third-order valence-corrected chi connectivity index (χ3v) is 7.95. The summed E-state index contributed by atoms with van der Waals surface area (Å²) in [6.45, 7) is 0.173. The first-order valence-corrected chi connectivity index (χ1v) is 13.4. The van der Waals surface area contributed by atoms with Crippen LogP contribution in [-0.4, -0.2) is 16.0 Å². The van der Waals surface area contributed by atoms with Crippen LogP contribution in [0.25, 0.3) is 6.08 Å². The molecular formula is C24H13Br2Cl3FNO3S. The maximum atomic E-state index is 13.3. The highest BCUT2D eigenvalue weighted by Crippen LogP contribution is 2.39. The molecule has 0 N–H and O–H groups in total. The number of thioether (sulfide) groups is 1. The summed E-state index contributed by atoms with van der Waals surface area (Å²) in [5.41, 5.74) is 1.92. The molecule has 11 heteroatoms. The normalized spacial score (nSPS) is 14.8. The molecule has 0 bridgehead atoms. The molecule has 4 nitrogen and oxygen atoms in total. The first kappa shape index (κ1) is 26.5. The maximum absolute atomic E-state index is 13.3. The van der Waals surface area contributed by atoms with Gasteiger partial charge in [-0.15, -0.1) is 0 Å². The first-order valence-electron chi connectivity index (χ1n) is 9.87.